The van der Waals surface area contributed by atoms with Crippen LogP contribution in [0, 0.1) is 0 Å². The van der Waals surface area contributed by atoms with Crippen LogP contribution in [0.4, 0.5) is 0 Å². The largest absolute Gasteiger partial charge is 0.392 e. The van der Waals surface area contributed by atoms with E-state index < -0.39 is 5.79 Å². The molecule has 1 heterocycles. The third-order valence-electron chi connectivity index (χ3n) is 3.59. The maximum Gasteiger partial charge on any atom is 0.167 e. The molecule has 0 unspecified atom stereocenters. The van der Waals surface area contributed by atoms with Gasteiger partial charge in [-0.05, 0) is 38.0 Å². The van der Waals surface area contributed by atoms with Gasteiger partial charge in [0, 0.05) is 25.2 Å². The number of hydrogen-bond acceptors (Lipinski definition) is 4. The van der Waals surface area contributed by atoms with Crippen molar-refractivity contribution in [1.29, 1.82) is 0 Å². The molecule has 0 spiro atoms. The summed E-state index contributed by atoms with van der Waals surface area (Å²) in [4.78, 5) is 2.28. The summed E-state index contributed by atoms with van der Waals surface area (Å²) in [6.45, 7) is 13.2. The first-order chi connectivity index (χ1) is 10.0. The van der Waals surface area contributed by atoms with Crippen molar-refractivity contribution in [1.82, 2.24) is 4.90 Å². The van der Waals surface area contributed by atoms with Crippen LogP contribution in [0.15, 0.2) is 36.1 Å². The predicted octanol–water partition coefficient (Wildman–Crippen LogP) is 2.86. The molecule has 1 aliphatic rings. The number of aliphatic hydroxyl groups excluding tert-OH is 1. The molecule has 1 aliphatic heterocycles. The van der Waals surface area contributed by atoms with Crippen molar-refractivity contribution in [3.05, 3.63) is 36.1 Å². The Hall–Kier alpha value is -1.10. The maximum absolute atomic E-state index is 9.07. The molecule has 120 valence electrons. The van der Waals surface area contributed by atoms with Gasteiger partial charge in [0.05, 0.1) is 19.8 Å². The van der Waals surface area contributed by atoms with Crippen molar-refractivity contribution in [2.75, 3.05) is 32.9 Å². The van der Waals surface area contributed by atoms with Gasteiger partial charge >= 0.3 is 0 Å². The van der Waals surface area contributed by atoms with Gasteiger partial charge in [-0.1, -0.05) is 19.6 Å². The van der Waals surface area contributed by atoms with Crippen LogP contribution in [0.3, 0.4) is 0 Å². The second kappa shape index (κ2) is 9.03. The SMILES string of the molecule is C=C/C(=C\C=C(/C)CO)N(CCC)CCC1(C)OCCO1. The molecule has 1 fully saturated rings. The Bertz CT molecular complexity index is 381. The normalized spacial score (nSPS) is 18.9. The fourth-order valence-electron chi connectivity index (χ4n) is 2.26. The average Bonchev–Trinajstić information content (AvgIpc) is 2.92. The minimum atomic E-state index is -0.463. The minimum absolute atomic E-state index is 0.0778. The van der Waals surface area contributed by atoms with E-state index in [-0.39, 0.29) is 6.61 Å². The molecule has 0 aliphatic carbocycles. The molecular formula is C17H29NO3. The highest BCUT2D eigenvalue weighted by atomic mass is 16.7. The van der Waals surface area contributed by atoms with Crippen molar-refractivity contribution in [3.63, 3.8) is 0 Å². The Morgan fingerprint density at radius 3 is 2.48 bits per heavy atom. The molecule has 0 saturated carbocycles. The first-order valence-electron chi connectivity index (χ1n) is 7.68. The zero-order valence-corrected chi connectivity index (χ0v) is 13.6. The van der Waals surface area contributed by atoms with Gasteiger partial charge in [0.25, 0.3) is 0 Å². The van der Waals surface area contributed by atoms with Crippen LogP contribution in [0.1, 0.15) is 33.6 Å². The number of allylic oxidation sites excluding steroid dienone is 3. The van der Waals surface area contributed by atoms with Crippen molar-refractivity contribution >= 4 is 0 Å². The third-order valence-corrected chi connectivity index (χ3v) is 3.59. The van der Waals surface area contributed by atoms with E-state index >= 15 is 0 Å². The monoisotopic (exact) mass is 295 g/mol. The number of hydrogen-bond donors (Lipinski definition) is 1. The Balaban J connectivity index is 2.71. The lowest BCUT2D eigenvalue weighted by Crippen LogP contribution is -2.33. The van der Waals surface area contributed by atoms with Gasteiger partial charge in [0.15, 0.2) is 5.79 Å². The van der Waals surface area contributed by atoms with Crippen LogP contribution in [-0.2, 0) is 9.47 Å². The highest BCUT2D eigenvalue weighted by molar-refractivity contribution is 5.23. The van der Waals surface area contributed by atoms with Gasteiger partial charge in [0.1, 0.15) is 0 Å². The van der Waals surface area contributed by atoms with E-state index in [0.717, 1.165) is 37.2 Å². The van der Waals surface area contributed by atoms with Crippen molar-refractivity contribution in [2.45, 2.75) is 39.4 Å². The summed E-state index contributed by atoms with van der Waals surface area (Å²) in [7, 11) is 0. The highest BCUT2D eigenvalue weighted by Gasteiger charge is 2.31. The number of ether oxygens (including phenoxy) is 2. The lowest BCUT2D eigenvalue weighted by atomic mass is 10.2. The lowest BCUT2D eigenvalue weighted by molar-refractivity contribution is -0.148. The topological polar surface area (TPSA) is 41.9 Å². The zero-order chi connectivity index (χ0) is 15.7. The van der Waals surface area contributed by atoms with Crippen molar-refractivity contribution < 1.29 is 14.6 Å². The Morgan fingerprint density at radius 1 is 1.29 bits per heavy atom. The van der Waals surface area contributed by atoms with Crippen LogP contribution in [-0.4, -0.2) is 48.7 Å². The summed E-state index contributed by atoms with van der Waals surface area (Å²) in [5, 5.41) is 9.07. The molecule has 1 N–H and O–H groups in total. The molecule has 1 saturated heterocycles. The first-order valence-corrected chi connectivity index (χ1v) is 7.68. The molecule has 0 amide bonds. The summed E-state index contributed by atoms with van der Waals surface area (Å²) in [6.07, 6.45) is 7.68. The van der Waals surface area contributed by atoms with Crippen molar-refractivity contribution in [2.24, 2.45) is 0 Å². The Labute approximate surface area is 128 Å². The number of aliphatic hydroxyl groups is 1. The van der Waals surface area contributed by atoms with Gasteiger partial charge in [-0.3, -0.25) is 0 Å². The zero-order valence-electron chi connectivity index (χ0n) is 13.6. The predicted molar refractivity (Wildman–Crippen MR) is 85.9 cm³/mol. The first kappa shape index (κ1) is 18.0. The van der Waals surface area contributed by atoms with E-state index in [1.54, 1.807) is 0 Å². The van der Waals surface area contributed by atoms with Crippen LogP contribution < -0.4 is 0 Å². The molecule has 0 aromatic heterocycles. The minimum Gasteiger partial charge on any atom is -0.392 e. The van der Waals surface area contributed by atoms with Gasteiger partial charge in [-0.15, -0.1) is 0 Å². The lowest BCUT2D eigenvalue weighted by Gasteiger charge is -2.30. The fourth-order valence-corrected chi connectivity index (χ4v) is 2.26. The Morgan fingerprint density at radius 2 is 1.95 bits per heavy atom. The highest BCUT2D eigenvalue weighted by Crippen LogP contribution is 2.23. The third kappa shape index (κ3) is 6.04. The van der Waals surface area contributed by atoms with E-state index in [4.69, 9.17) is 14.6 Å². The van der Waals surface area contributed by atoms with Crippen molar-refractivity contribution in [3.8, 4) is 0 Å². The molecular weight excluding hydrogens is 266 g/mol. The van der Waals surface area contributed by atoms with Gasteiger partial charge < -0.3 is 19.5 Å². The molecule has 21 heavy (non-hydrogen) atoms. The fraction of sp³-hybridized carbons (Fsp3) is 0.647. The molecule has 1 rings (SSSR count). The summed E-state index contributed by atoms with van der Waals surface area (Å²) >= 11 is 0. The quantitative estimate of drug-likeness (QED) is 0.664. The molecule has 0 aromatic carbocycles. The summed E-state index contributed by atoms with van der Waals surface area (Å²) in [5.74, 6) is -0.463. The average molecular weight is 295 g/mol. The Kier molecular flexibility index (Phi) is 7.72. The van der Waals surface area contributed by atoms with E-state index in [9.17, 15) is 0 Å². The molecule has 4 heteroatoms. The molecule has 0 atom stereocenters. The summed E-state index contributed by atoms with van der Waals surface area (Å²) in [6, 6.07) is 0. The number of rotatable bonds is 9. The summed E-state index contributed by atoms with van der Waals surface area (Å²) < 4.78 is 11.3. The maximum atomic E-state index is 9.07. The molecule has 0 bridgehead atoms. The smallest absolute Gasteiger partial charge is 0.167 e. The summed E-state index contributed by atoms with van der Waals surface area (Å²) in [5.41, 5.74) is 1.99. The second-order valence-corrected chi connectivity index (χ2v) is 5.53. The second-order valence-electron chi connectivity index (χ2n) is 5.53. The standard InChI is InChI=1S/C17H29NO3/c1-5-10-18(11-9-17(4)20-12-13-21-17)16(6-2)8-7-15(3)14-19/h6-8,19H,2,5,9-14H2,1,3-4H3/b15-7+,16-8+. The van der Waals surface area contributed by atoms with Crippen LogP contribution in [0.2, 0.25) is 0 Å². The molecule has 0 radical (unpaired) electrons. The van der Waals surface area contributed by atoms with Gasteiger partial charge in [0.2, 0.25) is 0 Å². The van der Waals surface area contributed by atoms with Gasteiger partial charge in [-0.25, -0.2) is 0 Å². The van der Waals surface area contributed by atoms with Crippen LogP contribution >= 0.6 is 0 Å². The van der Waals surface area contributed by atoms with Crippen LogP contribution in [0.5, 0.6) is 0 Å². The van der Waals surface area contributed by atoms with E-state index in [2.05, 4.69) is 18.4 Å². The van der Waals surface area contributed by atoms with E-state index in [0.29, 0.717) is 13.2 Å². The van der Waals surface area contributed by atoms with E-state index in [1.165, 1.54) is 0 Å². The number of nitrogens with zero attached hydrogens (tertiary/aromatic N) is 1. The van der Waals surface area contributed by atoms with E-state index in [1.807, 2.05) is 32.1 Å². The molecule has 4 nitrogen and oxygen atoms in total. The van der Waals surface area contributed by atoms with Crippen LogP contribution in [0.25, 0.3) is 0 Å². The van der Waals surface area contributed by atoms with Gasteiger partial charge in [-0.2, -0.15) is 0 Å². The molecule has 0 aromatic rings.